The molecule has 2 amide bonds. The number of guanidine groups is 1. The van der Waals surface area contributed by atoms with E-state index in [9.17, 15) is 18.0 Å². The van der Waals surface area contributed by atoms with Crippen LogP contribution in [0.4, 0.5) is 18.0 Å². The van der Waals surface area contributed by atoms with Gasteiger partial charge in [-0.15, -0.1) is 0 Å². The number of nitrogens with one attached hydrogen (secondary N) is 2. The number of carboxylic acids is 1. The van der Waals surface area contributed by atoms with Crippen molar-refractivity contribution in [3.05, 3.63) is 0 Å². The van der Waals surface area contributed by atoms with E-state index in [1.807, 2.05) is 0 Å². The number of halogens is 3. The number of nitrogens with two attached hydrogens (primary N) is 2. The number of urea groups is 1. The minimum Gasteiger partial charge on any atom is -0.475 e. The molecule has 0 aromatic rings. The van der Waals surface area contributed by atoms with Gasteiger partial charge in [0.05, 0.1) is 0 Å². The van der Waals surface area contributed by atoms with E-state index in [0.717, 1.165) is 25.8 Å². The molecule has 0 fully saturated rings. The molecule has 0 spiro atoms. The molecule has 8 nitrogen and oxygen atoms in total. The summed E-state index contributed by atoms with van der Waals surface area (Å²) >= 11 is 0. The van der Waals surface area contributed by atoms with Crippen molar-refractivity contribution in [2.45, 2.75) is 44.7 Å². The molecule has 0 radical (unpaired) electrons. The zero-order chi connectivity index (χ0) is 19.0. The second-order valence-electron chi connectivity index (χ2n) is 4.75. The highest BCUT2D eigenvalue weighted by Crippen LogP contribution is 2.13. The molecule has 11 heteroatoms. The number of rotatable bonds is 9. The minimum atomic E-state index is -5.08. The smallest absolute Gasteiger partial charge is 0.475 e. The largest absolute Gasteiger partial charge is 0.490 e. The summed E-state index contributed by atoms with van der Waals surface area (Å²) in [7, 11) is 1.67. The van der Waals surface area contributed by atoms with E-state index in [0.29, 0.717) is 12.5 Å². The van der Waals surface area contributed by atoms with Crippen molar-refractivity contribution >= 4 is 18.0 Å². The van der Waals surface area contributed by atoms with Gasteiger partial charge in [0.1, 0.15) is 0 Å². The van der Waals surface area contributed by atoms with E-state index in [1.165, 1.54) is 19.3 Å². The van der Waals surface area contributed by atoms with Crippen molar-refractivity contribution in [1.82, 2.24) is 10.6 Å². The Morgan fingerprint density at radius 3 is 1.67 bits per heavy atom. The number of carboxylic acid groups (broad SMARTS) is 1. The summed E-state index contributed by atoms with van der Waals surface area (Å²) in [5.74, 6) is -2.25. The summed E-state index contributed by atoms with van der Waals surface area (Å²) in [6.45, 7) is 1.56. The van der Waals surface area contributed by atoms with Crippen molar-refractivity contribution in [2.24, 2.45) is 16.5 Å². The van der Waals surface area contributed by atoms with Crippen molar-refractivity contribution in [2.75, 3.05) is 20.1 Å². The molecule has 0 rings (SSSR count). The third kappa shape index (κ3) is 19.8. The number of carbonyl (C=O) groups excluding carboxylic acids is 1. The van der Waals surface area contributed by atoms with E-state index in [2.05, 4.69) is 15.6 Å². The van der Waals surface area contributed by atoms with Crippen LogP contribution in [0, 0.1) is 0 Å². The van der Waals surface area contributed by atoms with Crippen molar-refractivity contribution < 1.29 is 27.9 Å². The van der Waals surface area contributed by atoms with Gasteiger partial charge in [-0.3, -0.25) is 4.99 Å². The van der Waals surface area contributed by atoms with E-state index in [4.69, 9.17) is 21.4 Å². The van der Waals surface area contributed by atoms with Gasteiger partial charge < -0.3 is 27.2 Å². The van der Waals surface area contributed by atoms with Crippen LogP contribution in [0.25, 0.3) is 0 Å². The fraction of sp³-hybridized carbons (Fsp3) is 0.769. The van der Waals surface area contributed by atoms with Crippen LogP contribution >= 0.6 is 0 Å². The van der Waals surface area contributed by atoms with Crippen LogP contribution in [-0.2, 0) is 4.79 Å². The van der Waals surface area contributed by atoms with Gasteiger partial charge in [-0.05, 0) is 12.8 Å². The normalized spacial score (nSPS) is 11.2. The Labute approximate surface area is 138 Å². The first-order valence-corrected chi connectivity index (χ1v) is 7.40. The Bertz CT molecular complexity index is 390. The van der Waals surface area contributed by atoms with Gasteiger partial charge in [-0.25, -0.2) is 9.59 Å². The Morgan fingerprint density at radius 2 is 1.33 bits per heavy atom. The molecule has 0 aromatic carbocycles. The molecule has 0 aliphatic heterocycles. The number of unbranched alkanes of at least 4 members (excludes halogenated alkanes) is 5. The van der Waals surface area contributed by atoms with Gasteiger partial charge in [0.2, 0.25) is 0 Å². The van der Waals surface area contributed by atoms with Gasteiger partial charge in [-0.2, -0.15) is 13.2 Å². The average molecular weight is 357 g/mol. The van der Waals surface area contributed by atoms with Crippen LogP contribution < -0.4 is 22.1 Å². The predicted molar refractivity (Wildman–Crippen MR) is 84.5 cm³/mol. The SMILES string of the molecule is CN=C(N)NCCCCCCCCNC(N)=O.O=C(O)C(F)(F)F. The number of carbonyl (C=O) groups is 2. The Morgan fingerprint density at radius 1 is 0.958 bits per heavy atom. The van der Waals surface area contributed by atoms with Crippen molar-refractivity contribution in [3.8, 4) is 0 Å². The first kappa shape index (κ1) is 24.1. The molecule has 7 N–H and O–H groups in total. The highest BCUT2D eigenvalue weighted by Gasteiger charge is 2.38. The molecule has 0 bridgehead atoms. The third-order valence-corrected chi connectivity index (χ3v) is 2.69. The first-order valence-electron chi connectivity index (χ1n) is 7.40. The zero-order valence-corrected chi connectivity index (χ0v) is 13.7. The summed E-state index contributed by atoms with van der Waals surface area (Å²) in [5, 5.41) is 12.7. The number of hydrogen-bond donors (Lipinski definition) is 5. The fourth-order valence-corrected chi connectivity index (χ4v) is 1.46. The lowest BCUT2D eigenvalue weighted by Gasteiger charge is -2.05. The molecule has 0 saturated heterocycles. The summed E-state index contributed by atoms with van der Waals surface area (Å²) < 4.78 is 31.7. The molecule has 0 aliphatic carbocycles. The molecule has 0 atom stereocenters. The average Bonchev–Trinajstić information content (AvgIpc) is 2.48. The molecule has 0 unspecified atom stereocenters. The van der Waals surface area contributed by atoms with Crippen LogP contribution in [0.3, 0.4) is 0 Å². The fourth-order valence-electron chi connectivity index (χ4n) is 1.46. The lowest BCUT2D eigenvalue weighted by Crippen LogP contribution is -2.32. The maximum absolute atomic E-state index is 10.6. The van der Waals surface area contributed by atoms with E-state index in [-0.39, 0.29) is 0 Å². The molecule has 142 valence electrons. The molecule has 0 saturated carbocycles. The number of alkyl halides is 3. The highest BCUT2D eigenvalue weighted by molar-refractivity contribution is 5.77. The number of primary amides is 1. The summed E-state index contributed by atoms with van der Waals surface area (Å²) in [4.78, 5) is 23.1. The topological polar surface area (TPSA) is 143 Å². The van der Waals surface area contributed by atoms with Crippen LogP contribution in [0.1, 0.15) is 38.5 Å². The summed E-state index contributed by atoms with van der Waals surface area (Å²) in [6.07, 6.45) is 1.74. The molecule has 24 heavy (non-hydrogen) atoms. The van der Waals surface area contributed by atoms with E-state index < -0.39 is 18.2 Å². The Balaban J connectivity index is 0. The standard InChI is InChI=1S/C11H25N5O.C2HF3O2/c1-14-10(12)15-8-6-4-2-3-5-7-9-16-11(13)17;3-2(4,5)1(6)7/h2-9H2,1H3,(H3,12,14,15)(H3,13,16,17);(H,6,7). The second-order valence-corrected chi connectivity index (χ2v) is 4.75. The maximum Gasteiger partial charge on any atom is 0.490 e. The monoisotopic (exact) mass is 357 g/mol. The first-order chi connectivity index (χ1) is 11.1. The lowest BCUT2D eigenvalue weighted by molar-refractivity contribution is -0.192. The van der Waals surface area contributed by atoms with Gasteiger partial charge in [0.15, 0.2) is 5.96 Å². The summed E-state index contributed by atoms with van der Waals surface area (Å²) in [6, 6.07) is -0.439. The molecule has 0 aliphatic rings. The highest BCUT2D eigenvalue weighted by atomic mass is 19.4. The minimum absolute atomic E-state index is 0.439. The molecule has 0 aromatic heterocycles. The summed E-state index contributed by atoms with van der Waals surface area (Å²) in [5.41, 5.74) is 10.4. The quantitative estimate of drug-likeness (QED) is 0.239. The van der Waals surface area contributed by atoms with Gasteiger partial charge in [0.25, 0.3) is 0 Å². The Kier molecular flexibility index (Phi) is 14.4. The number of aliphatic imine (C=N–C) groups is 1. The zero-order valence-electron chi connectivity index (χ0n) is 13.7. The van der Waals surface area contributed by atoms with Gasteiger partial charge >= 0.3 is 18.2 Å². The Hall–Kier alpha value is -2.20. The van der Waals surface area contributed by atoms with E-state index in [1.54, 1.807) is 7.05 Å². The van der Waals surface area contributed by atoms with Crippen LogP contribution in [0.2, 0.25) is 0 Å². The van der Waals surface area contributed by atoms with Gasteiger partial charge in [0, 0.05) is 20.1 Å². The number of nitrogens with zero attached hydrogens (tertiary/aromatic N) is 1. The van der Waals surface area contributed by atoms with E-state index >= 15 is 0 Å². The van der Waals surface area contributed by atoms with Crippen LogP contribution in [0.5, 0.6) is 0 Å². The second kappa shape index (κ2) is 14.4. The molecular formula is C13H26F3N5O3. The maximum atomic E-state index is 10.6. The third-order valence-electron chi connectivity index (χ3n) is 2.69. The lowest BCUT2D eigenvalue weighted by atomic mass is 10.1. The number of amides is 2. The van der Waals surface area contributed by atoms with Crippen molar-refractivity contribution in [3.63, 3.8) is 0 Å². The number of aliphatic carboxylic acids is 1. The number of hydrogen-bond acceptors (Lipinski definition) is 3. The molecular weight excluding hydrogens is 331 g/mol. The van der Waals surface area contributed by atoms with Crippen LogP contribution in [0.15, 0.2) is 4.99 Å². The predicted octanol–water partition coefficient (Wildman–Crippen LogP) is 1.16. The van der Waals surface area contributed by atoms with Crippen molar-refractivity contribution in [1.29, 1.82) is 0 Å². The molecule has 0 heterocycles. The van der Waals surface area contributed by atoms with Crippen LogP contribution in [-0.4, -0.2) is 49.4 Å². The van der Waals surface area contributed by atoms with Gasteiger partial charge in [-0.1, -0.05) is 25.7 Å².